The van der Waals surface area contributed by atoms with Gasteiger partial charge in [0.2, 0.25) is 5.89 Å². The molecule has 1 aromatic heterocycles. The van der Waals surface area contributed by atoms with E-state index in [9.17, 15) is 9.90 Å². The number of carbonyl (C=O) groups is 1. The zero-order valence-corrected chi connectivity index (χ0v) is 20.7. The first-order valence-electron chi connectivity index (χ1n) is 12.2. The van der Waals surface area contributed by atoms with Gasteiger partial charge in [0.05, 0.1) is 12.3 Å². The van der Waals surface area contributed by atoms with Crippen LogP contribution in [0.15, 0.2) is 89.3 Å². The third-order valence-corrected chi connectivity index (χ3v) is 6.44. The lowest BCUT2D eigenvalue weighted by atomic mass is 9.87. The van der Waals surface area contributed by atoms with E-state index in [4.69, 9.17) is 9.15 Å². The van der Waals surface area contributed by atoms with Gasteiger partial charge < -0.3 is 14.3 Å². The van der Waals surface area contributed by atoms with E-state index in [-0.39, 0.29) is 0 Å². The molecule has 0 aliphatic carbocycles. The average molecular weight is 485 g/mol. The molecule has 0 fully saturated rings. The topological polar surface area (TPSA) is 84.6 Å². The number of ether oxygens (including phenoxy) is 1. The lowest BCUT2D eigenvalue weighted by Gasteiger charge is -2.30. The fourth-order valence-electron chi connectivity index (χ4n) is 4.16. The van der Waals surface area contributed by atoms with Gasteiger partial charge in [-0.3, -0.25) is 10.1 Å². The molecule has 0 radical (unpaired) electrons. The second-order valence-corrected chi connectivity index (χ2v) is 8.89. The maximum absolute atomic E-state index is 12.2. The number of nitrogens with one attached hydrogen (secondary N) is 1. The fraction of sp³-hybridized carbons (Fsp3) is 0.267. The lowest BCUT2D eigenvalue weighted by Crippen LogP contribution is -2.53. The standard InChI is InChI=1S/C30H32N2O4/c1-3-30(29(33)34,31-21-24-10-6-4-7-11-24)20-23-14-16-26(17-15-23)35-19-18-27-22(2)36-28(32-27)25-12-8-5-9-13-25/h4-17,31H,3,18-21H2,1-2H3,(H,33,34). The number of hydrogen-bond donors (Lipinski definition) is 2. The van der Waals surface area contributed by atoms with Gasteiger partial charge in [0.15, 0.2) is 0 Å². The van der Waals surface area contributed by atoms with Crippen LogP contribution >= 0.6 is 0 Å². The minimum absolute atomic E-state index is 0.381. The molecule has 186 valence electrons. The number of carboxylic acid groups (broad SMARTS) is 1. The van der Waals surface area contributed by atoms with Crippen LogP contribution in [-0.4, -0.2) is 28.2 Å². The molecule has 6 heteroatoms. The minimum Gasteiger partial charge on any atom is -0.493 e. The van der Waals surface area contributed by atoms with Crippen LogP contribution in [0.4, 0.5) is 0 Å². The summed E-state index contributed by atoms with van der Waals surface area (Å²) in [5.74, 6) is 1.29. The first-order valence-corrected chi connectivity index (χ1v) is 12.2. The zero-order chi connectivity index (χ0) is 25.4. The van der Waals surface area contributed by atoms with Crippen LogP contribution < -0.4 is 10.1 Å². The van der Waals surface area contributed by atoms with Crippen LogP contribution in [0.2, 0.25) is 0 Å². The molecule has 2 N–H and O–H groups in total. The van der Waals surface area contributed by atoms with E-state index in [0.717, 1.165) is 33.9 Å². The van der Waals surface area contributed by atoms with Crippen LogP contribution in [0.25, 0.3) is 11.5 Å². The SMILES string of the molecule is CCC(Cc1ccc(OCCc2nc(-c3ccccc3)oc2C)cc1)(NCc1ccccc1)C(=O)O. The summed E-state index contributed by atoms with van der Waals surface area (Å²) in [5, 5.41) is 13.3. The van der Waals surface area contributed by atoms with Crippen LogP contribution in [0, 0.1) is 6.92 Å². The van der Waals surface area contributed by atoms with Crippen molar-refractivity contribution in [3.8, 4) is 17.2 Å². The van der Waals surface area contributed by atoms with Gasteiger partial charge in [0.25, 0.3) is 0 Å². The molecule has 4 aromatic rings. The molecule has 1 atom stereocenters. The van der Waals surface area contributed by atoms with E-state index < -0.39 is 11.5 Å². The second kappa shape index (κ2) is 11.7. The van der Waals surface area contributed by atoms with Gasteiger partial charge >= 0.3 is 5.97 Å². The third kappa shape index (κ3) is 6.20. The molecule has 0 saturated carbocycles. The van der Waals surface area contributed by atoms with Gasteiger partial charge in [-0.15, -0.1) is 0 Å². The van der Waals surface area contributed by atoms with Gasteiger partial charge in [0, 0.05) is 24.9 Å². The number of hydrogen-bond acceptors (Lipinski definition) is 5. The molecule has 0 saturated heterocycles. The van der Waals surface area contributed by atoms with Crippen molar-refractivity contribution in [2.75, 3.05) is 6.61 Å². The fourth-order valence-corrected chi connectivity index (χ4v) is 4.16. The molecule has 0 bridgehead atoms. The molecule has 0 aliphatic rings. The third-order valence-electron chi connectivity index (χ3n) is 6.44. The smallest absolute Gasteiger partial charge is 0.324 e. The highest BCUT2D eigenvalue weighted by molar-refractivity contribution is 5.79. The Morgan fingerprint density at radius 3 is 2.28 bits per heavy atom. The summed E-state index contributed by atoms with van der Waals surface area (Å²) >= 11 is 0. The number of carboxylic acids is 1. The van der Waals surface area contributed by atoms with Crippen LogP contribution in [-0.2, 0) is 24.2 Å². The van der Waals surface area contributed by atoms with Crippen molar-refractivity contribution in [1.29, 1.82) is 0 Å². The molecule has 6 nitrogen and oxygen atoms in total. The highest BCUT2D eigenvalue weighted by Crippen LogP contribution is 2.23. The lowest BCUT2D eigenvalue weighted by molar-refractivity contribution is -0.145. The van der Waals surface area contributed by atoms with Crippen LogP contribution in [0.1, 0.15) is 35.9 Å². The molecular formula is C30H32N2O4. The van der Waals surface area contributed by atoms with E-state index in [1.165, 1.54) is 0 Å². The highest BCUT2D eigenvalue weighted by atomic mass is 16.5. The summed E-state index contributed by atoms with van der Waals surface area (Å²) in [7, 11) is 0. The van der Waals surface area contributed by atoms with Gasteiger partial charge in [-0.25, -0.2) is 4.98 Å². The highest BCUT2D eigenvalue weighted by Gasteiger charge is 2.36. The molecule has 0 aliphatic heterocycles. The molecule has 1 heterocycles. The number of nitrogens with zero attached hydrogens (tertiary/aromatic N) is 1. The van der Waals surface area contributed by atoms with E-state index in [2.05, 4.69) is 10.3 Å². The summed E-state index contributed by atoms with van der Waals surface area (Å²) in [5.41, 5.74) is 2.78. The summed E-state index contributed by atoms with van der Waals surface area (Å²) in [6, 6.07) is 27.3. The molecule has 4 rings (SSSR count). The molecular weight excluding hydrogens is 452 g/mol. The zero-order valence-electron chi connectivity index (χ0n) is 20.7. The Balaban J connectivity index is 1.34. The molecule has 0 spiro atoms. The maximum Gasteiger partial charge on any atom is 0.324 e. The van der Waals surface area contributed by atoms with Crippen molar-refractivity contribution in [3.63, 3.8) is 0 Å². The number of aryl methyl sites for hydroxylation is 1. The number of aromatic nitrogens is 1. The normalized spacial score (nSPS) is 12.7. The Bertz CT molecular complexity index is 1250. The molecule has 36 heavy (non-hydrogen) atoms. The molecule has 1 unspecified atom stereocenters. The average Bonchev–Trinajstić information content (AvgIpc) is 3.28. The molecule has 3 aromatic carbocycles. The Morgan fingerprint density at radius 2 is 1.64 bits per heavy atom. The van der Waals surface area contributed by atoms with Crippen LogP contribution in [0.3, 0.4) is 0 Å². The summed E-state index contributed by atoms with van der Waals surface area (Å²) < 4.78 is 11.8. The van der Waals surface area contributed by atoms with Crippen LogP contribution in [0.5, 0.6) is 5.75 Å². The first-order chi connectivity index (χ1) is 17.5. The maximum atomic E-state index is 12.2. The largest absolute Gasteiger partial charge is 0.493 e. The minimum atomic E-state index is -1.04. The summed E-state index contributed by atoms with van der Waals surface area (Å²) in [4.78, 5) is 16.9. The first kappa shape index (κ1) is 25.2. The second-order valence-electron chi connectivity index (χ2n) is 8.89. The number of oxazole rings is 1. The van der Waals surface area contributed by atoms with Crippen molar-refractivity contribution >= 4 is 5.97 Å². The number of rotatable bonds is 12. The van der Waals surface area contributed by atoms with E-state index in [0.29, 0.717) is 38.3 Å². The van der Waals surface area contributed by atoms with Gasteiger partial charge in [-0.1, -0.05) is 67.6 Å². The number of aliphatic carboxylic acids is 1. The summed E-state index contributed by atoms with van der Waals surface area (Å²) in [6.45, 7) is 4.78. The predicted molar refractivity (Wildman–Crippen MR) is 140 cm³/mol. The van der Waals surface area contributed by atoms with Gasteiger partial charge in [-0.2, -0.15) is 0 Å². The van der Waals surface area contributed by atoms with E-state index in [1.54, 1.807) is 0 Å². The van der Waals surface area contributed by atoms with Crippen molar-refractivity contribution in [2.24, 2.45) is 0 Å². The van der Waals surface area contributed by atoms with Crippen molar-refractivity contribution in [2.45, 2.75) is 45.2 Å². The van der Waals surface area contributed by atoms with Crippen molar-refractivity contribution in [3.05, 3.63) is 108 Å². The Labute approximate surface area is 212 Å². The van der Waals surface area contributed by atoms with Gasteiger partial charge in [-0.05, 0) is 48.7 Å². The van der Waals surface area contributed by atoms with Gasteiger partial charge in [0.1, 0.15) is 17.0 Å². The Hall–Kier alpha value is -3.90. The van der Waals surface area contributed by atoms with Crippen molar-refractivity contribution < 1.29 is 19.1 Å². The molecule has 0 amide bonds. The predicted octanol–water partition coefficient (Wildman–Crippen LogP) is 5.84. The Morgan fingerprint density at radius 1 is 0.972 bits per heavy atom. The van der Waals surface area contributed by atoms with E-state index >= 15 is 0 Å². The monoisotopic (exact) mass is 484 g/mol. The Kier molecular flexibility index (Phi) is 8.18. The van der Waals surface area contributed by atoms with E-state index in [1.807, 2.05) is 98.8 Å². The van der Waals surface area contributed by atoms with Crippen molar-refractivity contribution in [1.82, 2.24) is 10.3 Å². The number of benzene rings is 3. The quantitative estimate of drug-likeness (QED) is 0.263. The summed E-state index contributed by atoms with van der Waals surface area (Å²) in [6.07, 6.45) is 1.48.